The minimum Gasteiger partial charge on any atom is -0.497 e. The highest BCUT2D eigenvalue weighted by Gasteiger charge is 2.20. The first-order valence-electron chi connectivity index (χ1n) is 4.13. The van der Waals surface area contributed by atoms with Crippen molar-refractivity contribution in [1.82, 2.24) is 0 Å². The Balaban J connectivity index is 2.12. The van der Waals surface area contributed by atoms with Gasteiger partial charge < -0.3 is 10.5 Å². The number of hydrogen-bond acceptors (Lipinski definition) is 2. The van der Waals surface area contributed by atoms with Crippen molar-refractivity contribution >= 4 is 0 Å². The summed E-state index contributed by atoms with van der Waals surface area (Å²) in [6.07, 6.45) is 6.47. The van der Waals surface area contributed by atoms with Crippen molar-refractivity contribution in [3.63, 3.8) is 0 Å². The molecule has 0 saturated heterocycles. The molecule has 0 aromatic heterocycles. The summed E-state index contributed by atoms with van der Waals surface area (Å²) in [5.74, 6) is 1.69. The topological polar surface area (TPSA) is 35.2 Å². The first-order chi connectivity index (χ1) is 5.40. The molecule has 2 rings (SSSR count). The van der Waals surface area contributed by atoms with Gasteiger partial charge in [0, 0.05) is 12.8 Å². The van der Waals surface area contributed by atoms with Crippen LogP contribution in [0, 0.1) is 5.92 Å². The summed E-state index contributed by atoms with van der Waals surface area (Å²) < 4.78 is 5.46. The molecule has 1 heterocycles. The standard InChI is InChI=1S/C9H13NO/c10-6-7-1-2-8-3-4-11-9(8)5-7/h1-2,7H,3-6,10H2. The Morgan fingerprint density at radius 2 is 2.55 bits per heavy atom. The highest BCUT2D eigenvalue weighted by atomic mass is 16.5. The van der Waals surface area contributed by atoms with E-state index in [1.165, 1.54) is 11.3 Å². The molecule has 1 atom stereocenters. The average molecular weight is 151 g/mol. The lowest BCUT2D eigenvalue weighted by Gasteiger charge is -2.15. The molecule has 1 aliphatic heterocycles. The Morgan fingerprint density at radius 1 is 1.64 bits per heavy atom. The number of nitrogens with two attached hydrogens (primary N) is 1. The second kappa shape index (κ2) is 2.70. The molecule has 11 heavy (non-hydrogen) atoms. The number of allylic oxidation sites excluding steroid dienone is 2. The third-order valence-electron chi connectivity index (χ3n) is 2.33. The normalized spacial score (nSPS) is 28.6. The first-order valence-corrected chi connectivity index (χ1v) is 4.13. The van der Waals surface area contributed by atoms with Crippen LogP contribution in [0.15, 0.2) is 23.5 Å². The average Bonchev–Trinajstić information content (AvgIpc) is 2.50. The van der Waals surface area contributed by atoms with Crippen LogP contribution in [0.4, 0.5) is 0 Å². The molecule has 60 valence electrons. The van der Waals surface area contributed by atoms with Gasteiger partial charge in [0.05, 0.1) is 12.4 Å². The van der Waals surface area contributed by atoms with Crippen LogP contribution in [0.2, 0.25) is 0 Å². The van der Waals surface area contributed by atoms with Gasteiger partial charge in [-0.05, 0) is 18.0 Å². The predicted octanol–water partition coefficient (Wildman–Crippen LogP) is 1.20. The van der Waals surface area contributed by atoms with E-state index in [1.54, 1.807) is 0 Å². The van der Waals surface area contributed by atoms with Crippen LogP contribution in [-0.4, -0.2) is 13.2 Å². The van der Waals surface area contributed by atoms with E-state index in [4.69, 9.17) is 10.5 Å². The largest absolute Gasteiger partial charge is 0.497 e. The lowest BCUT2D eigenvalue weighted by atomic mass is 9.95. The fourth-order valence-electron chi connectivity index (χ4n) is 1.60. The molecule has 0 bridgehead atoms. The van der Waals surface area contributed by atoms with Crippen molar-refractivity contribution in [2.24, 2.45) is 11.7 Å². The summed E-state index contributed by atoms with van der Waals surface area (Å²) in [6, 6.07) is 0. The zero-order chi connectivity index (χ0) is 7.68. The molecule has 0 spiro atoms. The van der Waals surface area contributed by atoms with E-state index in [9.17, 15) is 0 Å². The van der Waals surface area contributed by atoms with Crippen molar-refractivity contribution < 1.29 is 4.74 Å². The lowest BCUT2D eigenvalue weighted by molar-refractivity contribution is 0.227. The van der Waals surface area contributed by atoms with E-state index in [1.807, 2.05) is 0 Å². The lowest BCUT2D eigenvalue weighted by Crippen LogP contribution is -2.14. The Bertz CT molecular complexity index is 218. The summed E-state index contributed by atoms with van der Waals surface area (Å²) in [5.41, 5.74) is 6.94. The first kappa shape index (κ1) is 6.92. The summed E-state index contributed by atoms with van der Waals surface area (Å²) >= 11 is 0. The summed E-state index contributed by atoms with van der Waals surface area (Å²) in [5, 5.41) is 0. The summed E-state index contributed by atoms with van der Waals surface area (Å²) in [4.78, 5) is 0. The van der Waals surface area contributed by atoms with Crippen molar-refractivity contribution in [2.75, 3.05) is 13.2 Å². The molecule has 0 radical (unpaired) electrons. The van der Waals surface area contributed by atoms with Crippen molar-refractivity contribution in [3.8, 4) is 0 Å². The maximum Gasteiger partial charge on any atom is 0.0999 e. The maximum atomic E-state index is 5.56. The molecule has 1 unspecified atom stereocenters. The third-order valence-corrected chi connectivity index (χ3v) is 2.33. The van der Waals surface area contributed by atoms with E-state index < -0.39 is 0 Å². The smallest absolute Gasteiger partial charge is 0.0999 e. The summed E-state index contributed by atoms with van der Waals surface area (Å²) in [6.45, 7) is 1.60. The Hall–Kier alpha value is -0.760. The van der Waals surface area contributed by atoms with E-state index >= 15 is 0 Å². The molecular weight excluding hydrogens is 138 g/mol. The second-order valence-corrected chi connectivity index (χ2v) is 3.11. The van der Waals surface area contributed by atoms with Gasteiger partial charge in [0.15, 0.2) is 0 Å². The third kappa shape index (κ3) is 1.18. The van der Waals surface area contributed by atoms with Crippen molar-refractivity contribution in [1.29, 1.82) is 0 Å². The molecule has 2 heteroatoms. The van der Waals surface area contributed by atoms with E-state index in [0.29, 0.717) is 5.92 Å². The highest BCUT2D eigenvalue weighted by molar-refractivity contribution is 5.30. The zero-order valence-electron chi connectivity index (χ0n) is 6.55. The van der Waals surface area contributed by atoms with Gasteiger partial charge in [-0.2, -0.15) is 0 Å². The minimum atomic E-state index is 0.506. The Labute approximate surface area is 66.7 Å². The Morgan fingerprint density at radius 3 is 3.36 bits per heavy atom. The van der Waals surface area contributed by atoms with Crippen molar-refractivity contribution in [2.45, 2.75) is 12.8 Å². The van der Waals surface area contributed by atoms with Crippen LogP contribution >= 0.6 is 0 Å². The van der Waals surface area contributed by atoms with Crippen LogP contribution in [-0.2, 0) is 4.74 Å². The van der Waals surface area contributed by atoms with Crippen LogP contribution < -0.4 is 5.73 Å². The van der Waals surface area contributed by atoms with Crippen LogP contribution in [0.3, 0.4) is 0 Å². The van der Waals surface area contributed by atoms with Gasteiger partial charge in [0.1, 0.15) is 0 Å². The van der Waals surface area contributed by atoms with Gasteiger partial charge >= 0.3 is 0 Å². The molecule has 0 amide bonds. The fraction of sp³-hybridized carbons (Fsp3) is 0.556. The summed E-state index contributed by atoms with van der Waals surface area (Å²) in [7, 11) is 0. The molecule has 0 saturated carbocycles. The van der Waals surface area contributed by atoms with Gasteiger partial charge in [0.2, 0.25) is 0 Å². The van der Waals surface area contributed by atoms with Crippen LogP contribution in [0.25, 0.3) is 0 Å². The monoisotopic (exact) mass is 151 g/mol. The fourth-order valence-corrected chi connectivity index (χ4v) is 1.60. The number of hydrogen-bond donors (Lipinski definition) is 1. The van der Waals surface area contributed by atoms with Crippen LogP contribution in [0.1, 0.15) is 12.8 Å². The second-order valence-electron chi connectivity index (χ2n) is 3.11. The Kier molecular flexibility index (Phi) is 1.70. The SMILES string of the molecule is NCC1C=CC2=C(C1)OCC2. The minimum absolute atomic E-state index is 0.506. The molecule has 2 aliphatic rings. The molecule has 2 N–H and O–H groups in total. The molecular formula is C9H13NO. The molecule has 1 aliphatic carbocycles. The molecule has 0 aromatic rings. The number of rotatable bonds is 1. The molecule has 2 nitrogen and oxygen atoms in total. The molecule has 0 fully saturated rings. The highest BCUT2D eigenvalue weighted by Crippen LogP contribution is 2.30. The predicted molar refractivity (Wildman–Crippen MR) is 43.9 cm³/mol. The molecule has 0 aromatic carbocycles. The quantitative estimate of drug-likeness (QED) is 0.611. The van der Waals surface area contributed by atoms with Gasteiger partial charge in [-0.25, -0.2) is 0 Å². The van der Waals surface area contributed by atoms with Gasteiger partial charge in [0.25, 0.3) is 0 Å². The maximum absolute atomic E-state index is 5.56. The van der Waals surface area contributed by atoms with Gasteiger partial charge in [-0.1, -0.05) is 12.2 Å². The van der Waals surface area contributed by atoms with Crippen molar-refractivity contribution in [3.05, 3.63) is 23.5 Å². The van der Waals surface area contributed by atoms with Crippen LogP contribution in [0.5, 0.6) is 0 Å². The van der Waals surface area contributed by atoms with Gasteiger partial charge in [-0.3, -0.25) is 0 Å². The van der Waals surface area contributed by atoms with Gasteiger partial charge in [-0.15, -0.1) is 0 Å². The van der Waals surface area contributed by atoms with E-state index in [2.05, 4.69) is 12.2 Å². The number of ether oxygens (including phenoxy) is 1. The van der Waals surface area contributed by atoms with E-state index in [-0.39, 0.29) is 0 Å². The zero-order valence-corrected chi connectivity index (χ0v) is 6.55. The van der Waals surface area contributed by atoms with E-state index in [0.717, 1.165) is 26.0 Å².